The molecule has 0 bridgehead atoms. The number of anilines is 1. The zero-order chi connectivity index (χ0) is 12.8. The lowest BCUT2D eigenvalue weighted by Crippen LogP contribution is -2.10. The molecule has 0 radical (unpaired) electrons. The van der Waals surface area contributed by atoms with Crippen LogP contribution in [0.3, 0.4) is 0 Å². The summed E-state index contributed by atoms with van der Waals surface area (Å²) in [6, 6.07) is 3.92. The zero-order valence-electron chi connectivity index (χ0n) is 11.2. The largest absolute Gasteiger partial charge is 0.491 e. The minimum atomic E-state index is 0.562. The molecule has 0 spiro atoms. The molecule has 0 fully saturated rings. The van der Waals surface area contributed by atoms with Gasteiger partial charge in [-0.3, -0.25) is 0 Å². The van der Waals surface area contributed by atoms with Crippen molar-refractivity contribution in [1.82, 2.24) is 0 Å². The predicted molar refractivity (Wildman–Crippen MR) is 71.5 cm³/mol. The fraction of sp³-hybridized carbons (Fsp3) is 0.571. The van der Waals surface area contributed by atoms with Gasteiger partial charge in [0.25, 0.3) is 0 Å². The van der Waals surface area contributed by atoms with E-state index in [0.717, 1.165) is 29.2 Å². The molecule has 2 N–H and O–H groups in total. The van der Waals surface area contributed by atoms with Crippen LogP contribution in [0, 0.1) is 19.8 Å². The Balaban J connectivity index is 2.39. The van der Waals surface area contributed by atoms with Gasteiger partial charge in [0.1, 0.15) is 12.4 Å². The second-order valence-corrected chi connectivity index (χ2v) is 4.79. The quantitative estimate of drug-likeness (QED) is 0.611. The number of ether oxygens (including phenoxy) is 2. The smallest absolute Gasteiger partial charge is 0.124 e. The van der Waals surface area contributed by atoms with Gasteiger partial charge in [0.05, 0.1) is 6.61 Å². The first kappa shape index (κ1) is 13.8. The SMILES string of the molecule is Cc1cc(C)c(OCCOCC(C)C)cc1N. The topological polar surface area (TPSA) is 44.5 Å². The first-order chi connectivity index (χ1) is 8.00. The molecule has 0 saturated carbocycles. The number of rotatable bonds is 6. The normalized spacial score (nSPS) is 10.9. The summed E-state index contributed by atoms with van der Waals surface area (Å²) in [7, 11) is 0. The summed E-state index contributed by atoms with van der Waals surface area (Å²) >= 11 is 0. The Morgan fingerprint density at radius 2 is 1.82 bits per heavy atom. The number of aryl methyl sites for hydroxylation is 2. The van der Waals surface area contributed by atoms with Crippen LogP contribution in [0.1, 0.15) is 25.0 Å². The minimum absolute atomic E-state index is 0.562. The molecule has 17 heavy (non-hydrogen) atoms. The Labute approximate surface area is 104 Å². The monoisotopic (exact) mass is 237 g/mol. The van der Waals surface area contributed by atoms with Crippen molar-refractivity contribution >= 4 is 5.69 Å². The molecular formula is C14H23NO2. The van der Waals surface area contributed by atoms with Gasteiger partial charge in [0, 0.05) is 18.4 Å². The maximum atomic E-state index is 5.85. The summed E-state index contributed by atoms with van der Waals surface area (Å²) in [6.07, 6.45) is 0. The van der Waals surface area contributed by atoms with Crippen LogP contribution < -0.4 is 10.5 Å². The van der Waals surface area contributed by atoms with E-state index in [2.05, 4.69) is 13.8 Å². The molecule has 3 nitrogen and oxygen atoms in total. The predicted octanol–water partition coefficient (Wildman–Crippen LogP) is 2.94. The Hall–Kier alpha value is -1.22. The summed E-state index contributed by atoms with van der Waals surface area (Å²) < 4.78 is 11.1. The van der Waals surface area contributed by atoms with Crippen molar-refractivity contribution in [2.45, 2.75) is 27.7 Å². The van der Waals surface area contributed by atoms with Crippen molar-refractivity contribution in [1.29, 1.82) is 0 Å². The van der Waals surface area contributed by atoms with Crippen LogP contribution in [-0.4, -0.2) is 19.8 Å². The van der Waals surface area contributed by atoms with E-state index in [1.54, 1.807) is 0 Å². The van der Waals surface area contributed by atoms with E-state index in [1.165, 1.54) is 0 Å². The molecule has 0 heterocycles. The second kappa shape index (κ2) is 6.50. The van der Waals surface area contributed by atoms with Gasteiger partial charge in [-0.15, -0.1) is 0 Å². The lowest BCUT2D eigenvalue weighted by atomic mass is 10.1. The van der Waals surface area contributed by atoms with E-state index in [4.69, 9.17) is 15.2 Å². The van der Waals surface area contributed by atoms with Crippen LogP contribution >= 0.6 is 0 Å². The minimum Gasteiger partial charge on any atom is -0.491 e. The number of benzene rings is 1. The van der Waals surface area contributed by atoms with E-state index in [0.29, 0.717) is 19.1 Å². The van der Waals surface area contributed by atoms with Crippen LogP contribution in [0.25, 0.3) is 0 Å². The highest BCUT2D eigenvalue weighted by molar-refractivity contribution is 5.54. The highest BCUT2D eigenvalue weighted by atomic mass is 16.5. The first-order valence-electron chi connectivity index (χ1n) is 6.08. The Morgan fingerprint density at radius 3 is 2.47 bits per heavy atom. The summed E-state index contributed by atoms with van der Waals surface area (Å²) in [5.41, 5.74) is 8.82. The lowest BCUT2D eigenvalue weighted by Gasteiger charge is -2.12. The summed E-state index contributed by atoms with van der Waals surface area (Å²) in [5.74, 6) is 1.41. The maximum Gasteiger partial charge on any atom is 0.124 e. The van der Waals surface area contributed by atoms with Gasteiger partial charge in [-0.05, 0) is 30.9 Å². The molecule has 96 valence electrons. The van der Waals surface area contributed by atoms with Gasteiger partial charge in [0.15, 0.2) is 0 Å². The van der Waals surface area contributed by atoms with Crippen molar-refractivity contribution in [2.75, 3.05) is 25.6 Å². The number of nitrogen functional groups attached to an aromatic ring is 1. The average molecular weight is 237 g/mol. The fourth-order valence-corrected chi connectivity index (χ4v) is 1.53. The molecule has 1 rings (SSSR count). The van der Waals surface area contributed by atoms with Crippen molar-refractivity contribution in [3.8, 4) is 5.75 Å². The van der Waals surface area contributed by atoms with E-state index in [1.807, 2.05) is 26.0 Å². The molecule has 0 aliphatic carbocycles. The van der Waals surface area contributed by atoms with E-state index >= 15 is 0 Å². The standard InChI is InChI=1S/C14H23NO2/c1-10(2)9-16-5-6-17-14-8-13(15)11(3)7-12(14)4/h7-8,10H,5-6,9,15H2,1-4H3. The van der Waals surface area contributed by atoms with Gasteiger partial charge < -0.3 is 15.2 Å². The maximum absolute atomic E-state index is 5.85. The molecule has 1 aromatic carbocycles. The number of hydrogen-bond acceptors (Lipinski definition) is 3. The van der Waals surface area contributed by atoms with Gasteiger partial charge >= 0.3 is 0 Å². The van der Waals surface area contributed by atoms with Crippen molar-refractivity contribution < 1.29 is 9.47 Å². The molecule has 0 aliphatic rings. The van der Waals surface area contributed by atoms with Crippen molar-refractivity contribution in [3.05, 3.63) is 23.3 Å². The summed E-state index contributed by atoms with van der Waals surface area (Å²) in [4.78, 5) is 0. The zero-order valence-corrected chi connectivity index (χ0v) is 11.2. The first-order valence-corrected chi connectivity index (χ1v) is 6.08. The number of nitrogens with two attached hydrogens (primary N) is 1. The molecular weight excluding hydrogens is 214 g/mol. The van der Waals surface area contributed by atoms with Gasteiger partial charge in [-0.1, -0.05) is 19.9 Å². The van der Waals surface area contributed by atoms with E-state index in [-0.39, 0.29) is 0 Å². The third-order valence-electron chi connectivity index (χ3n) is 2.50. The molecule has 0 amide bonds. The summed E-state index contributed by atoms with van der Waals surface area (Å²) in [5, 5.41) is 0. The molecule has 0 atom stereocenters. The van der Waals surface area contributed by atoms with Crippen LogP contribution in [0.4, 0.5) is 5.69 Å². The molecule has 0 aliphatic heterocycles. The molecule has 3 heteroatoms. The molecule has 0 saturated heterocycles. The molecule has 1 aromatic rings. The van der Waals surface area contributed by atoms with Gasteiger partial charge in [-0.25, -0.2) is 0 Å². The van der Waals surface area contributed by atoms with Crippen molar-refractivity contribution in [3.63, 3.8) is 0 Å². The fourth-order valence-electron chi connectivity index (χ4n) is 1.53. The third-order valence-corrected chi connectivity index (χ3v) is 2.50. The van der Waals surface area contributed by atoms with Gasteiger partial charge in [-0.2, -0.15) is 0 Å². The van der Waals surface area contributed by atoms with Crippen molar-refractivity contribution in [2.24, 2.45) is 5.92 Å². The highest BCUT2D eigenvalue weighted by Gasteiger charge is 2.03. The second-order valence-electron chi connectivity index (χ2n) is 4.79. The number of hydrogen-bond donors (Lipinski definition) is 1. The van der Waals surface area contributed by atoms with Gasteiger partial charge in [0.2, 0.25) is 0 Å². The van der Waals surface area contributed by atoms with Crippen LogP contribution in [0.5, 0.6) is 5.75 Å². The Kier molecular flexibility index (Phi) is 5.29. The summed E-state index contributed by atoms with van der Waals surface area (Å²) in [6.45, 7) is 10.2. The molecule has 0 aromatic heterocycles. The third kappa shape index (κ3) is 4.65. The average Bonchev–Trinajstić information content (AvgIpc) is 2.24. The van der Waals surface area contributed by atoms with Crippen LogP contribution in [0.15, 0.2) is 12.1 Å². The Bertz CT molecular complexity index is 361. The lowest BCUT2D eigenvalue weighted by molar-refractivity contribution is 0.0817. The van der Waals surface area contributed by atoms with Crippen LogP contribution in [-0.2, 0) is 4.74 Å². The Morgan fingerprint density at radius 1 is 1.12 bits per heavy atom. The van der Waals surface area contributed by atoms with E-state index in [9.17, 15) is 0 Å². The highest BCUT2D eigenvalue weighted by Crippen LogP contribution is 2.24. The van der Waals surface area contributed by atoms with E-state index < -0.39 is 0 Å². The molecule has 0 unspecified atom stereocenters. The van der Waals surface area contributed by atoms with Crippen LogP contribution in [0.2, 0.25) is 0 Å².